The number of hydrogen-bond acceptors (Lipinski definition) is 4. The molecule has 0 fully saturated rings. The minimum absolute atomic E-state index is 0. The average molecular weight is 248 g/mol. The van der Waals surface area contributed by atoms with Gasteiger partial charge >= 0.3 is 0 Å². The third kappa shape index (κ3) is 3.46. The van der Waals surface area contributed by atoms with Gasteiger partial charge in [-0.15, -0.1) is 12.4 Å². The first-order valence-electron chi connectivity index (χ1n) is 5.22. The Morgan fingerprint density at radius 3 is 1.94 bits per heavy atom. The summed E-state index contributed by atoms with van der Waals surface area (Å²) < 4.78 is 5.19. The Hall–Kier alpha value is -0.610. The fraction of sp³-hybridized carbons (Fsp3) is 0.818. The summed E-state index contributed by atoms with van der Waals surface area (Å²) in [5.74, 6) is 1.23. The van der Waals surface area contributed by atoms with Crippen LogP contribution in [0.2, 0.25) is 0 Å². The Morgan fingerprint density at radius 2 is 1.62 bits per heavy atom. The average Bonchev–Trinajstić information content (AvgIpc) is 2.47. The predicted octanol–water partition coefficient (Wildman–Crippen LogP) is 2.83. The summed E-state index contributed by atoms with van der Waals surface area (Å²) in [5, 5.41) is 3.96. The number of nitrogens with zero attached hydrogens (tertiary/aromatic N) is 2. The molecule has 0 unspecified atom stereocenters. The summed E-state index contributed by atoms with van der Waals surface area (Å²) >= 11 is 0. The highest BCUT2D eigenvalue weighted by Gasteiger charge is 2.29. The van der Waals surface area contributed by atoms with E-state index in [1.54, 1.807) is 0 Å². The van der Waals surface area contributed by atoms with E-state index in [2.05, 4.69) is 30.9 Å². The topological polar surface area (TPSA) is 64.9 Å². The Morgan fingerprint density at radius 1 is 1.12 bits per heavy atom. The van der Waals surface area contributed by atoms with Crippen molar-refractivity contribution in [2.24, 2.45) is 11.1 Å². The molecule has 1 rings (SSSR count). The molecule has 94 valence electrons. The van der Waals surface area contributed by atoms with Crippen molar-refractivity contribution in [2.45, 2.75) is 53.0 Å². The van der Waals surface area contributed by atoms with Crippen LogP contribution in [-0.2, 0) is 5.41 Å². The molecule has 0 bridgehead atoms. The van der Waals surface area contributed by atoms with Gasteiger partial charge < -0.3 is 10.3 Å². The van der Waals surface area contributed by atoms with E-state index in [-0.39, 0.29) is 29.3 Å². The number of aromatic nitrogens is 2. The lowest BCUT2D eigenvalue weighted by molar-refractivity contribution is 0.251. The summed E-state index contributed by atoms with van der Waals surface area (Å²) in [6.07, 6.45) is 0. The highest BCUT2D eigenvalue weighted by molar-refractivity contribution is 5.85. The van der Waals surface area contributed by atoms with Gasteiger partial charge in [-0.3, -0.25) is 0 Å². The van der Waals surface area contributed by atoms with E-state index in [1.165, 1.54) is 0 Å². The Kier molecular flexibility index (Phi) is 4.54. The molecule has 16 heavy (non-hydrogen) atoms. The first kappa shape index (κ1) is 15.4. The van der Waals surface area contributed by atoms with E-state index in [1.807, 2.05) is 20.8 Å². The van der Waals surface area contributed by atoms with Gasteiger partial charge in [0.25, 0.3) is 0 Å². The molecule has 0 aliphatic heterocycles. The van der Waals surface area contributed by atoms with Gasteiger partial charge in [-0.1, -0.05) is 46.7 Å². The third-order valence-electron chi connectivity index (χ3n) is 2.31. The molecular formula is C11H22ClN3O. The van der Waals surface area contributed by atoms with Crippen molar-refractivity contribution in [1.82, 2.24) is 10.1 Å². The lowest BCUT2D eigenvalue weighted by Crippen LogP contribution is -2.26. The molecule has 0 aliphatic carbocycles. The predicted molar refractivity (Wildman–Crippen MR) is 66.6 cm³/mol. The van der Waals surface area contributed by atoms with Crippen LogP contribution >= 0.6 is 12.4 Å². The molecular weight excluding hydrogens is 226 g/mol. The van der Waals surface area contributed by atoms with Gasteiger partial charge in [-0.2, -0.15) is 4.98 Å². The van der Waals surface area contributed by atoms with Crippen molar-refractivity contribution in [3.63, 3.8) is 0 Å². The highest BCUT2D eigenvalue weighted by atomic mass is 35.5. The van der Waals surface area contributed by atoms with Crippen LogP contribution in [0.15, 0.2) is 4.52 Å². The summed E-state index contributed by atoms with van der Waals surface area (Å²) in [6, 6.07) is -0.221. The molecule has 0 radical (unpaired) electrons. The smallest absolute Gasteiger partial charge is 0.244 e. The zero-order valence-corrected chi connectivity index (χ0v) is 11.7. The summed E-state index contributed by atoms with van der Waals surface area (Å²) in [7, 11) is 0. The Balaban J connectivity index is 0.00000225. The summed E-state index contributed by atoms with van der Waals surface area (Å²) in [4.78, 5) is 4.35. The standard InChI is InChI=1S/C11H21N3O.ClH/c1-10(2,3)7(12)8-13-9(14-15-8)11(4,5)6;/h7H,12H2,1-6H3;1H/t7-;/m1./s1. The van der Waals surface area contributed by atoms with E-state index >= 15 is 0 Å². The second-order valence-corrected chi connectivity index (χ2v) is 6.05. The van der Waals surface area contributed by atoms with Crippen molar-refractivity contribution < 1.29 is 4.52 Å². The van der Waals surface area contributed by atoms with E-state index in [0.717, 1.165) is 0 Å². The quantitative estimate of drug-likeness (QED) is 0.829. The molecule has 1 heterocycles. The SMILES string of the molecule is CC(C)(C)c1noc([C@@H](N)C(C)(C)C)n1.Cl. The lowest BCUT2D eigenvalue weighted by Gasteiger charge is -2.23. The minimum atomic E-state index is -0.221. The Bertz CT molecular complexity index is 336. The van der Waals surface area contributed by atoms with E-state index < -0.39 is 0 Å². The number of hydrogen-bond donors (Lipinski definition) is 1. The molecule has 5 heteroatoms. The summed E-state index contributed by atoms with van der Waals surface area (Å²) in [5.41, 5.74) is 5.87. The number of nitrogens with two attached hydrogens (primary N) is 1. The van der Waals surface area contributed by atoms with E-state index in [9.17, 15) is 0 Å². The third-order valence-corrected chi connectivity index (χ3v) is 2.31. The van der Waals surface area contributed by atoms with Crippen molar-refractivity contribution >= 4 is 12.4 Å². The molecule has 1 aromatic rings. The normalized spacial score (nSPS) is 14.4. The maximum absolute atomic E-state index is 6.03. The zero-order valence-electron chi connectivity index (χ0n) is 10.9. The van der Waals surface area contributed by atoms with Crippen molar-refractivity contribution in [2.75, 3.05) is 0 Å². The van der Waals surface area contributed by atoms with Gasteiger partial charge in [0.05, 0.1) is 6.04 Å². The van der Waals surface area contributed by atoms with Crippen LogP contribution in [0, 0.1) is 5.41 Å². The van der Waals surface area contributed by atoms with Crippen LogP contribution < -0.4 is 5.73 Å². The fourth-order valence-corrected chi connectivity index (χ4v) is 1.04. The number of rotatable bonds is 1. The molecule has 1 aromatic heterocycles. The molecule has 0 saturated heterocycles. The van der Waals surface area contributed by atoms with E-state index in [4.69, 9.17) is 10.3 Å². The minimum Gasteiger partial charge on any atom is -0.338 e. The van der Waals surface area contributed by atoms with Gasteiger partial charge in [-0.05, 0) is 5.41 Å². The molecule has 0 aliphatic rings. The van der Waals surface area contributed by atoms with Crippen molar-refractivity contribution in [3.05, 3.63) is 11.7 Å². The Labute approximate surface area is 103 Å². The molecule has 0 spiro atoms. The van der Waals surface area contributed by atoms with Crippen LogP contribution in [0.5, 0.6) is 0 Å². The molecule has 0 saturated carbocycles. The maximum Gasteiger partial charge on any atom is 0.244 e. The summed E-state index contributed by atoms with van der Waals surface area (Å²) in [6.45, 7) is 12.3. The van der Waals surface area contributed by atoms with Crippen LogP contribution in [-0.4, -0.2) is 10.1 Å². The largest absolute Gasteiger partial charge is 0.338 e. The van der Waals surface area contributed by atoms with Crippen molar-refractivity contribution in [3.8, 4) is 0 Å². The highest BCUT2D eigenvalue weighted by Crippen LogP contribution is 2.30. The molecule has 4 nitrogen and oxygen atoms in total. The molecule has 2 N–H and O–H groups in total. The lowest BCUT2D eigenvalue weighted by atomic mass is 9.87. The monoisotopic (exact) mass is 247 g/mol. The molecule has 0 amide bonds. The van der Waals surface area contributed by atoms with Gasteiger partial charge in [-0.25, -0.2) is 0 Å². The van der Waals surface area contributed by atoms with Crippen LogP contribution in [0.1, 0.15) is 59.3 Å². The van der Waals surface area contributed by atoms with Gasteiger partial charge in [0, 0.05) is 5.41 Å². The first-order chi connectivity index (χ1) is 6.62. The molecule has 1 atom stereocenters. The van der Waals surface area contributed by atoms with Gasteiger partial charge in [0.1, 0.15) is 0 Å². The first-order valence-corrected chi connectivity index (χ1v) is 5.22. The maximum atomic E-state index is 6.03. The van der Waals surface area contributed by atoms with Crippen LogP contribution in [0.3, 0.4) is 0 Å². The molecule has 0 aromatic carbocycles. The second-order valence-electron chi connectivity index (χ2n) is 6.05. The van der Waals surface area contributed by atoms with Crippen LogP contribution in [0.25, 0.3) is 0 Å². The number of halogens is 1. The second kappa shape index (κ2) is 4.72. The van der Waals surface area contributed by atoms with Gasteiger partial charge in [0.2, 0.25) is 5.89 Å². The van der Waals surface area contributed by atoms with E-state index in [0.29, 0.717) is 11.7 Å². The zero-order chi connectivity index (χ0) is 11.9. The fourth-order valence-electron chi connectivity index (χ4n) is 1.04. The van der Waals surface area contributed by atoms with Crippen LogP contribution in [0.4, 0.5) is 0 Å². The van der Waals surface area contributed by atoms with Gasteiger partial charge in [0.15, 0.2) is 5.82 Å². The van der Waals surface area contributed by atoms with Crippen molar-refractivity contribution in [1.29, 1.82) is 0 Å².